The predicted molar refractivity (Wildman–Crippen MR) is 77.0 cm³/mol. The third-order valence-electron chi connectivity index (χ3n) is 2.89. The van der Waals surface area contributed by atoms with Crippen LogP contribution in [0, 0.1) is 24.0 Å². The van der Waals surface area contributed by atoms with Gasteiger partial charge in [0, 0.05) is 17.3 Å². The van der Waals surface area contributed by atoms with Gasteiger partial charge in [0.1, 0.15) is 11.5 Å². The fourth-order valence-electron chi connectivity index (χ4n) is 1.77. The molecule has 0 fully saturated rings. The predicted octanol–water partition coefficient (Wildman–Crippen LogP) is 1.84. The van der Waals surface area contributed by atoms with Gasteiger partial charge in [-0.2, -0.15) is 0 Å². The summed E-state index contributed by atoms with van der Waals surface area (Å²) in [5, 5.41) is 13.5. The largest absolute Gasteiger partial charge is 0.382 e. The van der Waals surface area contributed by atoms with E-state index in [9.17, 15) is 14.9 Å². The molecular formula is C13H13N5O3. The minimum Gasteiger partial charge on any atom is -0.382 e. The van der Waals surface area contributed by atoms with Crippen LogP contribution in [0.3, 0.4) is 0 Å². The maximum atomic E-state index is 12.0. The summed E-state index contributed by atoms with van der Waals surface area (Å²) in [4.78, 5) is 30.1. The van der Waals surface area contributed by atoms with Crippen molar-refractivity contribution in [2.45, 2.75) is 13.8 Å². The summed E-state index contributed by atoms with van der Waals surface area (Å²) in [7, 11) is 0. The van der Waals surface area contributed by atoms with Crippen molar-refractivity contribution >= 4 is 23.1 Å². The van der Waals surface area contributed by atoms with Crippen molar-refractivity contribution < 1.29 is 9.72 Å². The number of nitrogens with two attached hydrogens (primary N) is 1. The molecule has 2 rings (SSSR count). The molecule has 1 aromatic heterocycles. The standard InChI is InChI=1S/C13H13N5O3/c1-7-4-11(18(20)21)8(2)3-9(7)17-13(19)10-5-16-12(14)6-15-10/h3-6H,1-2H3,(H2,14,16)(H,17,19). The van der Waals surface area contributed by atoms with Crippen LogP contribution in [0.5, 0.6) is 0 Å². The van der Waals surface area contributed by atoms with Gasteiger partial charge in [-0.3, -0.25) is 14.9 Å². The van der Waals surface area contributed by atoms with Crippen LogP contribution in [-0.4, -0.2) is 20.8 Å². The number of carbonyl (C=O) groups excluding carboxylic acids is 1. The van der Waals surface area contributed by atoms with Crippen LogP contribution in [0.2, 0.25) is 0 Å². The summed E-state index contributed by atoms with van der Waals surface area (Å²) in [5.74, 6) is -0.243. The molecule has 0 aliphatic heterocycles. The number of aryl methyl sites for hydroxylation is 2. The molecule has 0 aliphatic carbocycles. The van der Waals surface area contributed by atoms with E-state index in [4.69, 9.17) is 5.73 Å². The van der Waals surface area contributed by atoms with Gasteiger partial charge in [-0.15, -0.1) is 0 Å². The Morgan fingerprint density at radius 1 is 1.24 bits per heavy atom. The second kappa shape index (κ2) is 5.53. The molecule has 0 radical (unpaired) electrons. The third kappa shape index (κ3) is 3.11. The smallest absolute Gasteiger partial charge is 0.275 e. The normalized spacial score (nSPS) is 10.2. The van der Waals surface area contributed by atoms with Crippen LogP contribution < -0.4 is 11.1 Å². The van der Waals surface area contributed by atoms with E-state index in [1.165, 1.54) is 18.5 Å². The van der Waals surface area contributed by atoms with Gasteiger partial charge in [-0.25, -0.2) is 9.97 Å². The summed E-state index contributed by atoms with van der Waals surface area (Å²) in [6.45, 7) is 3.28. The van der Waals surface area contributed by atoms with E-state index >= 15 is 0 Å². The van der Waals surface area contributed by atoms with E-state index < -0.39 is 10.8 Å². The number of anilines is 2. The van der Waals surface area contributed by atoms with Gasteiger partial charge < -0.3 is 11.1 Å². The van der Waals surface area contributed by atoms with E-state index in [-0.39, 0.29) is 17.2 Å². The van der Waals surface area contributed by atoms with Gasteiger partial charge in [-0.05, 0) is 25.5 Å². The highest BCUT2D eigenvalue weighted by Crippen LogP contribution is 2.26. The number of aromatic nitrogens is 2. The first kappa shape index (κ1) is 14.4. The Balaban J connectivity index is 2.27. The molecule has 1 aromatic carbocycles. The lowest BCUT2D eigenvalue weighted by Crippen LogP contribution is -2.15. The average molecular weight is 287 g/mol. The molecule has 2 aromatic rings. The molecule has 0 spiro atoms. The Labute approximate surface area is 120 Å². The Hall–Kier alpha value is -3.03. The molecular weight excluding hydrogens is 274 g/mol. The molecule has 1 amide bonds. The molecule has 108 valence electrons. The van der Waals surface area contributed by atoms with E-state index in [2.05, 4.69) is 15.3 Å². The lowest BCUT2D eigenvalue weighted by Gasteiger charge is -2.09. The fraction of sp³-hybridized carbons (Fsp3) is 0.154. The van der Waals surface area contributed by atoms with Crippen molar-refractivity contribution in [2.75, 3.05) is 11.1 Å². The van der Waals surface area contributed by atoms with E-state index in [1.807, 2.05) is 0 Å². The Bertz CT molecular complexity index is 712. The zero-order chi connectivity index (χ0) is 15.6. The number of amides is 1. The first-order valence-corrected chi connectivity index (χ1v) is 6.03. The molecule has 3 N–H and O–H groups in total. The summed E-state index contributed by atoms with van der Waals surface area (Å²) >= 11 is 0. The number of nitrogen functional groups attached to an aromatic ring is 1. The van der Waals surface area contributed by atoms with Crippen molar-refractivity contribution in [3.8, 4) is 0 Å². The maximum Gasteiger partial charge on any atom is 0.275 e. The maximum absolute atomic E-state index is 12.0. The Morgan fingerprint density at radius 3 is 2.52 bits per heavy atom. The lowest BCUT2D eigenvalue weighted by atomic mass is 10.1. The van der Waals surface area contributed by atoms with Gasteiger partial charge >= 0.3 is 0 Å². The van der Waals surface area contributed by atoms with Gasteiger partial charge in [0.25, 0.3) is 11.6 Å². The molecule has 0 saturated carbocycles. The van der Waals surface area contributed by atoms with Crippen LogP contribution in [0.4, 0.5) is 17.2 Å². The highest BCUT2D eigenvalue weighted by Gasteiger charge is 2.15. The summed E-state index contributed by atoms with van der Waals surface area (Å²) in [6.07, 6.45) is 2.54. The van der Waals surface area contributed by atoms with Crippen molar-refractivity contribution in [3.05, 3.63) is 51.5 Å². The van der Waals surface area contributed by atoms with Crippen LogP contribution in [0.15, 0.2) is 24.5 Å². The zero-order valence-corrected chi connectivity index (χ0v) is 11.5. The average Bonchev–Trinajstić information content (AvgIpc) is 2.42. The van der Waals surface area contributed by atoms with Gasteiger partial charge in [0.05, 0.1) is 17.3 Å². The highest BCUT2D eigenvalue weighted by atomic mass is 16.6. The first-order valence-electron chi connectivity index (χ1n) is 6.03. The minimum absolute atomic E-state index is 0.0118. The summed E-state index contributed by atoms with van der Waals surface area (Å²) in [6, 6.07) is 2.97. The molecule has 0 atom stereocenters. The lowest BCUT2D eigenvalue weighted by molar-refractivity contribution is -0.385. The van der Waals surface area contributed by atoms with Gasteiger partial charge in [-0.1, -0.05) is 0 Å². The van der Waals surface area contributed by atoms with E-state index in [0.29, 0.717) is 16.8 Å². The molecule has 0 bridgehead atoms. The van der Waals surface area contributed by atoms with Crippen molar-refractivity contribution in [3.63, 3.8) is 0 Å². The second-order valence-corrected chi connectivity index (χ2v) is 4.49. The van der Waals surface area contributed by atoms with E-state index in [1.54, 1.807) is 19.9 Å². The topological polar surface area (TPSA) is 124 Å². The number of nitrogens with one attached hydrogen (secondary N) is 1. The quantitative estimate of drug-likeness (QED) is 0.655. The van der Waals surface area contributed by atoms with Gasteiger partial charge in [0.2, 0.25) is 0 Å². The van der Waals surface area contributed by atoms with Gasteiger partial charge in [0.15, 0.2) is 0 Å². The fourth-order valence-corrected chi connectivity index (χ4v) is 1.77. The Morgan fingerprint density at radius 2 is 1.95 bits per heavy atom. The SMILES string of the molecule is Cc1cc([N+](=O)[O-])c(C)cc1NC(=O)c1cnc(N)cn1. The monoisotopic (exact) mass is 287 g/mol. The number of benzene rings is 1. The highest BCUT2D eigenvalue weighted by molar-refractivity contribution is 6.03. The number of rotatable bonds is 3. The third-order valence-corrected chi connectivity index (χ3v) is 2.89. The molecule has 0 unspecified atom stereocenters. The van der Waals surface area contributed by atoms with Crippen molar-refractivity contribution in [1.29, 1.82) is 0 Å². The minimum atomic E-state index is -0.459. The molecule has 8 nitrogen and oxygen atoms in total. The van der Waals surface area contributed by atoms with Crippen LogP contribution in [0.1, 0.15) is 21.6 Å². The number of hydrogen-bond acceptors (Lipinski definition) is 6. The zero-order valence-electron chi connectivity index (χ0n) is 11.5. The molecule has 8 heteroatoms. The second-order valence-electron chi connectivity index (χ2n) is 4.49. The van der Waals surface area contributed by atoms with Crippen molar-refractivity contribution in [1.82, 2.24) is 9.97 Å². The van der Waals surface area contributed by atoms with Crippen molar-refractivity contribution in [2.24, 2.45) is 0 Å². The van der Waals surface area contributed by atoms with Crippen LogP contribution in [0.25, 0.3) is 0 Å². The number of hydrogen-bond donors (Lipinski definition) is 2. The summed E-state index contributed by atoms with van der Waals surface area (Å²) < 4.78 is 0. The first-order chi connectivity index (χ1) is 9.88. The molecule has 0 aliphatic rings. The number of nitro benzene ring substituents is 1. The molecule has 21 heavy (non-hydrogen) atoms. The molecule has 1 heterocycles. The van der Waals surface area contributed by atoms with E-state index in [0.717, 1.165) is 0 Å². The summed E-state index contributed by atoms with van der Waals surface area (Å²) in [5.41, 5.74) is 7.06. The molecule has 0 saturated heterocycles. The Kier molecular flexibility index (Phi) is 3.79. The van der Waals surface area contributed by atoms with Crippen LogP contribution in [-0.2, 0) is 0 Å². The number of carbonyl (C=O) groups is 1. The number of nitro groups is 1. The number of nitrogens with zero attached hydrogens (tertiary/aromatic N) is 3. The van der Waals surface area contributed by atoms with Crippen LogP contribution >= 0.6 is 0 Å².